The molecule has 1 aliphatic carbocycles. The molecule has 0 unspecified atom stereocenters. The highest BCUT2D eigenvalue weighted by atomic mass is 16.5. The lowest BCUT2D eigenvalue weighted by molar-refractivity contribution is -0.118. The molecule has 0 atom stereocenters. The van der Waals surface area contributed by atoms with Crippen molar-refractivity contribution in [3.8, 4) is 11.8 Å². The van der Waals surface area contributed by atoms with E-state index in [2.05, 4.69) is 16.0 Å². The average Bonchev–Trinajstić information content (AvgIpc) is 3.30. The molecule has 2 rings (SSSR count). The second-order valence-corrected chi connectivity index (χ2v) is 4.91. The number of nitrogens with zero attached hydrogens (tertiary/aromatic N) is 1. The third kappa shape index (κ3) is 4.66. The quantitative estimate of drug-likeness (QED) is 0.736. The van der Waals surface area contributed by atoms with Crippen LogP contribution in [-0.4, -0.2) is 31.1 Å². The van der Waals surface area contributed by atoms with Crippen LogP contribution in [0.2, 0.25) is 0 Å². The molecule has 1 fully saturated rings. The van der Waals surface area contributed by atoms with Gasteiger partial charge in [-0.05, 0) is 38.0 Å². The number of urea groups is 1. The van der Waals surface area contributed by atoms with E-state index in [1.165, 1.54) is 0 Å². The number of anilines is 1. The van der Waals surface area contributed by atoms with Crippen LogP contribution in [-0.2, 0) is 4.79 Å². The molecule has 1 saturated carbocycles. The zero-order chi connectivity index (χ0) is 15.9. The summed E-state index contributed by atoms with van der Waals surface area (Å²) < 4.78 is 5.43. The van der Waals surface area contributed by atoms with Gasteiger partial charge in [-0.15, -0.1) is 0 Å². The number of amides is 3. The van der Waals surface area contributed by atoms with Crippen LogP contribution >= 0.6 is 0 Å². The van der Waals surface area contributed by atoms with E-state index in [0.29, 0.717) is 23.6 Å². The summed E-state index contributed by atoms with van der Waals surface area (Å²) in [4.78, 5) is 23.2. The summed E-state index contributed by atoms with van der Waals surface area (Å²) in [6, 6.07) is 6.64. The number of nitrogens with one attached hydrogen (secondary N) is 3. The van der Waals surface area contributed by atoms with Crippen molar-refractivity contribution in [2.75, 3.05) is 18.5 Å². The maximum atomic E-state index is 11.7. The predicted octanol–water partition coefficient (Wildman–Crippen LogP) is 1.36. The van der Waals surface area contributed by atoms with E-state index in [1.54, 1.807) is 18.2 Å². The third-order valence-electron chi connectivity index (χ3n) is 3.01. The zero-order valence-electron chi connectivity index (χ0n) is 12.3. The lowest BCUT2D eigenvalue weighted by Gasteiger charge is -2.12. The Morgan fingerprint density at radius 2 is 2.18 bits per heavy atom. The molecule has 7 heteroatoms. The van der Waals surface area contributed by atoms with Crippen LogP contribution in [0.1, 0.15) is 25.3 Å². The summed E-state index contributed by atoms with van der Waals surface area (Å²) in [6.07, 6.45) is 1.91. The van der Waals surface area contributed by atoms with Gasteiger partial charge < -0.3 is 15.4 Å². The van der Waals surface area contributed by atoms with Gasteiger partial charge in [0.05, 0.1) is 30.5 Å². The van der Waals surface area contributed by atoms with Crippen LogP contribution in [0, 0.1) is 11.3 Å². The van der Waals surface area contributed by atoms with Crippen LogP contribution in [0.5, 0.6) is 5.75 Å². The van der Waals surface area contributed by atoms with Gasteiger partial charge in [-0.3, -0.25) is 10.1 Å². The molecule has 1 aromatic carbocycles. The maximum absolute atomic E-state index is 11.7. The number of hydrogen-bond donors (Lipinski definition) is 3. The number of carbonyl (C=O) groups is 2. The van der Waals surface area contributed by atoms with Gasteiger partial charge in [-0.2, -0.15) is 5.26 Å². The number of nitriles is 1. The number of ether oxygens (including phenoxy) is 1. The Bertz CT molecular complexity index is 605. The van der Waals surface area contributed by atoms with Crippen molar-refractivity contribution in [3.05, 3.63) is 23.8 Å². The minimum Gasteiger partial charge on any atom is -0.492 e. The predicted molar refractivity (Wildman–Crippen MR) is 80.5 cm³/mol. The number of rotatable bonds is 6. The fraction of sp³-hybridized carbons (Fsp3) is 0.400. The summed E-state index contributed by atoms with van der Waals surface area (Å²) in [5.41, 5.74) is 0.997. The third-order valence-corrected chi connectivity index (χ3v) is 3.01. The maximum Gasteiger partial charge on any atom is 0.321 e. The summed E-state index contributed by atoms with van der Waals surface area (Å²) in [5.74, 6) is 0.0969. The Kier molecular flexibility index (Phi) is 5.20. The first-order valence-corrected chi connectivity index (χ1v) is 7.13. The number of hydrogen-bond acceptors (Lipinski definition) is 5. The molecule has 0 aliphatic heterocycles. The van der Waals surface area contributed by atoms with Gasteiger partial charge in [0, 0.05) is 6.04 Å². The summed E-state index contributed by atoms with van der Waals surface area (Å²) in [6.45, 7) is 2.22. The Morgan fingerprint density at radius 1 is 1.41 bits per heavy atom. The molecule has 0 aromatic heterocycles. The Morgan fingerprint density at radius 3 is 2.82 bits per heavy atom. The molecule has 1 aliphatic rings. The first kappa shape index (κ1) is 15.6. The molecule has 3 amide bonds. The molecule has 1 aromatic rings. The van der Waals surface area contributed by atoms with Crippen molar-refractivity contribution in [2.45, 2.75) is 25.8 Å². The summed E-state index contributed by atoms with van der Waals surface area (Å²) >= 11 is 0. The van der Waals surface area contributed by atoms with E-state index in [0.717, 1.165) is 12.8 Å². The molecule has 116 valence electrons. The highest BCUT2D eigenvalue weighted by Gasteiger charge is 2.23. The first-order chi connectivity index (χ1) is 10.6. The highest BCUT2D eigenvalue weighted by molar-refractivity contribution is 5.96. The Balaban J connectivity index is 1.90. The number of imide groups is 1. The summed E-state index contributed by atoms with van der Waals surface area (Å²) in [5, 5.41) is 16.7. The number of carbonyl (C=O) groups excluding carboxylic acids is 2. The van der Waals surface area contributed by atoms with E-state index >= 15 is 0 Å². The molecular formula is C15H18N4O3. The van der Waals surface area contributed by atoms with Crippen molar-refractivity contribution >= 4 is 17.6 Å². The van der Waals surface area contributed by atoms with Crippen LogP contribution in [0.25, 0.3) is 0 Å². The van der Waals surface area contributed by atoms with Crippen LogP contribution < -0.4 is 20.7 Å². The molecule has 3 N–H and O–H groups in total. The van der Waals surface area contributed by atoms with Gasteiger partial charge in [0.1, 0.15) is 5.75 Å². The summed E-state index contributed by atoms with van der Waals surface area (Å²) in [7, 11) is 0. The van der Waals surface area contributed by atoms with Crippen LogP contribution in [0.3, 0.4) is 0 Å². The minimum atomic E-state index is -0.481. The smallest absolute Gasteiger partial charge is 0.321 e. The Labute approximate surface area is 128 Å². The Hall–Kier alpha value is -2.75. The van der Waals surface area contributed by atoms with E-state index in [4.69, 9.17) is 10.00 Å². The molecule has 0 spiro atoms. The van der Waals surface area contributed by atoms with Crippen molar-refractivity contribution in [3.63, 3.8) is 0 Å². The van der Waals surface area contributed by atoms with E-state index < -0.39 is 11.9 Å². The highest BCUT2D eigenvalue weighted by Crippen LogP contribution is 2.25. The zero-order valence-corrected chi connectivity index (χ0v) is 12.3. The fourth-order valence-corrected chi connectivity index (χ4v) is 1.81. The van der Waals surface area contributed by atoms with Gasteiger partial charge in [-0.25, -0.2) is 4.79 Å². The van der Waals surface area contributed by atoms with E-state index in [-0.39, 0.29) is 12.6 Å². The van der Waals surface area contributed by atoms with Crippen molar-refractivity contribution in [1.29, 1.82) is 5.26 Å². The molecule has 0 bridgehead atoms. The molecule has 0 radical (unpaired) electrons. The van der Waals surface area contributed by atoms with E-state index in [1.807, 2.05) is 13.0 Å². The second kappa shape index (κ2) is 7.31. The van der Waals surface area contributed by atoms with Crippen molar-refractivity contribution in [2.24, 2.45) is 0 Å². The molecule has 0 heterocycles. The van der Waals surface area contributed by atoms with Gasteiger partial charge in [0.15, 0.2) is 0 Å². The van der Waals surface area contributed by atoms with Gasteiger partial charge in [-0.1, -0.05) is 0 Å². The van der Waals surface area contributed by atoms with Crippen LogP contribution in [0.4, 0.5) is 10.5 Å². The minimum absolute atomic E-state index is 0.0902. The van der Waals surface area contributed by atoms with Crippen molar-refractivity contribution in [1.82, 2.24) is 10.6 Å². The normalized spacial score (nSPS) is 12.9. The average molecular weight is 302 g/mol. The van der Waals surface area contributed by atoms with Crippen LogP contribution in [0.15, 0.2) is 18.2 Å². The lowest BCUT2D eigenvalue weighted by Crippen LogP contribution is -2.42. The standard InChI is InChI=1S/C15H18N4O3/c1-2-22-13-6-3-10(8-16)7-12(13)17-9-14(20)19-15(21)18-11-4-5-11/h3,6-7,11,17H,2,4-5,9H2,1H3,(H2,18,19,20,21). The first-order valence-electron chi connectivity index (χ1n) is 7.13. The molecular weight excluding hydrogens is 284 g/mol. The fourth-order valence-electron chi connectivity index (χ4n) is 1.81. The van der Waals surface area contributed by atoms with Crippen molar-refractivity contribution < 1.29 is 14.3 Å². The monoisotopic (exact) mass is 302 g/mol. The topological polar surface area (TPSA) is 103 Å². The molecule has 7 nitrogen and oxygen atoms in total. The molecule has 0 saturated heterocycles. The van der Waals surface area contributed by atoms with Gasteiger partial charge >= 0.3 is 6.03 Å². The van der Waals surface area contributed by atoms with E-state index in [9.17, 15) is 9.59 Å². The lowest BCUT2D eigenvalue weighted by atomic mass is 10.2. The largest absolute Gasteiger partial charge is 0.492 e. The molecule has 22 heavy (non-hydrogen) atoms. The SMILES string of the molecule is CCOc1ccc(C#N)cc1NCC(=O)NC(=O)NC1CC1. The second-order valence-electron chi connectivity index (χ2n) is 4.91. The number of benzene rings is 1. The van der Waals surface area contributed by atoms with Gasteiger partial charge in [0.2, 0.25) is 5.91 Å². The van der Waals surface area contributed by atoms with Gasteiger partial charge in [0.25, 0.3) is 0 Å².